The summed E-state index contributed by atoms with van der Waals surface area (Å²) < 4.78 is 59.9. The predicted molar refractivity (Wildman–Crippen MR) is 40.5 cm³/mol. The van der Waals surface area contributed by atoms with Gasteiger partial charge in [0, 0.05) is 0 Å². The number of H-pyrrole nitrogens is 1. The molecule has 1 heterocycles. The zero-order valence-electron chi connectivity index (χ0n) is 6.78. The van der Waals surface area contributed by atoms with Crippen LogP contribution in [0.1, 0.15) is 0 Å². The molecule has 6 nitrogen and oxygen atoms in total. The monoisotopic (exact) mass is 244 g/mol. The Morgan fingerprint density at radius 3 is 2.47 bits per heavy atom. The number of nitrogens with one attached hydrogen (secondary N) is 1. The molecule has 0 fully saturated rings. The second kappa shape index (κ2) is 3.53. The smallest absolute Gasteiger partial charge is 0.374 e. The van der Waals surface area contributed by atoms with Gasteiger partial charge in [0.05, 0.1) is 12.3 Å². The van der Waals surface area contributed by atoms with Crippen LogP contribution in [-0.2, 0) is 10.1 Å². The molecule has 0 unspecified atom stereocenters. The third kappa shape index (κ3) is 2.68. The molecule has 0 aliphatic heterocycles. The fourth-order valence-corrected chi connectivity index (χ4v) is 1.02. The van der Waals surface area contributed by atoms with Gasteiger partial charge in [0.1, 0.15) is 0 Å². The molecule has 1 aromatic rings. The largest absolute Gasteiger partial charge is 0.534 e. The maximum atomic E-state index is 11.8. The first-order valence-corrected chi connectivity index (χ1v) is 4.69. The third-order valence-corrected chi connectivity index (χ3v) is 2.11. The quantitative estimate of drug-likeness (QED) is 0.584. The second-order valence-electron chi connectivity index (χ2n) is 2.26. The lowest BCUT2D eigenvalue weighted by molar-refractivity contribution is -0.0500. The molecule has 0 saturated carbocycles. The van der Waals surface area contributed by atoms with Crippen molar-refractivity contribution in [2.24, 2.45) is 0 Å². The molecule has 0 aromatic carbocycles. The Morgan fingerprint density at radius 1 is 1.40 bits per heavy atom. The molecule has 0 amide bonds. The predicted octanol–water partition coefficient (Wildman–Crippen LogP) is -0.00170. The van der Waals surface area contributed by atoms with Gasteiger partial charge in [-0.3, -0.25) is 4.79 Å². The van der Waals surface area contributed by atoms with E-state index >= 15 is 0 Å². The van der Waals surface area contributed by atoms with Crippen molar-refractivity contribution in [2.45, 2.75) is 5.51 Å². The van der Waals surface area contributed by atoms with Gasteiger partial charge in [0.15, 0.2) is 5.75 Å². The van der Waals surface area contributed by atoms with Gasteiger partial charge in [-0.1, -0.05) is 0 Å². The van der Waals surface area contributed by atoms with Crippen molar-refractivity contribution < 1.29 is 25.8 Å². The molecule has 1 aromatic heterocycles. The molecular formula is C5H3F3N2O4S. The number of nitrogens with zero attached hydrogens (tertiary/aromatic N) is 1. The van der Waals surface area contributed by atoms with E-state index in [1.807, 2.05) is 5.10 Å². The van der Waals surface area contributed by atoms with Crippen molar-refractivity contribution in [1.29, 1.82) is 0 Å². The summed E-state index contributed by atoms with van der Waals surface area (Å²) in [5.74, 6) is -0.809. The molecular weight excluding hydrogens is 241 g/mol. The Bertz CT molecular complexity index is 505. The Hall–Kier alpha value is -1.58. The minimum absolute atomic E-state index is 0.524. The van der Waals surface area contributed by atoms with E-state index in [1.54, 1.807) is 0 Å². The fourth-order valence-electron chi connectivity index (χ4n) is 0.578. The van der Waals surface area contributed by atoms with Gasteiger partial charge in [-0.15, -0.1) is 0 Å². The van der Waals surface area contributed by atoms with Gasteiger partial charge < -0.3 is 4.18 Å². The zero-order chi connectivity index (χ0) is 11.7. The van der Waals surface area contributed by atoms with E-state index in [0.717, 1.165) is 0 Å². The van der Waals surface area contributed by atoms with E-state index in [4.69, 9.17) is 0 Å². The van der Waals surface area contributed by atoms with E-state index in [9.17, 15) is 26.4 Å². The highest BCUT2D eigenvalue weighted by molar-refractivity contribution is 7.87. The van der Waals surface area contributed by atoms with Crippen molar-refractivity contribution in [3.63, 3.8) is 0 Å². The summed E-state index contributed by atoms with van der Waals surface area (Å²) in [7, 11) is -5.76. The first kappa shape index (κ1) is 11.5. The van der Waals surface area contributed by atoms with Crippen LogP contribution in [0.5, 0.6) is 5.75 Å². The number of alkyl halides is 3. The minimum Gasteiger partial charge on any atom is -0.374 e. The van der Waals surface area contributed by atoms with Crippen LogP contribution < -0.4 is 9.74 Å². The van der Waals surface area contributed by atoms with E-state index in [2.05, 4.69) is 9.28 Å². The van der Waals surface area contributed by atoms with Crippen LogP contribution in [0, 0.1) is 0 Å². The van der Waals surface area contributed by atoms with Gasteiger partial charge in [0.25, 0.3) is 5.56 Å². The molecule has 1 N–H and O–H groups in total. The molecule has 0 radical (unpaired) electrons. The molecule has 0 bridgehead atoms. The van der Waals surface area contributed by atoms with E-state index in [-0.39, 0.29) is 0 Å². The van der Waals surface area contributed by atoms with Crippen molar-refractivity contribution in [1.82, 2.24) is 10.2 Å². The number of hydrogen-bond donors (Lipinski definition) is 1. The maximum absolute atomic E-state index is 11.8. The zero-order valence-corrected chi connectivity index (χ0v) is 7.59. The summed E-state index contributed by atoms with van der Waals surface area (Å²) in [6.07, 6.45) is 0.630. The summed E-state index contributed by atoms with van der Waals surface area (Å²) >= 11 is 0. The average Bonchev–Trinajstić information content (AvgIpc) is 2.00. The van der Waals surface area contributed by atoms with Crippen LogP contribution in [0.4, 0.5) is 13.2 Å². The van der Waals surface area contributed by atoms with E-state index in [0.29, 0.717) is 12.3 Å². The summed E-state index contributed by atoms with van der Waals surface area (Å²) in [6, 6.07) is 0.524. The van der Waals surface area contributed by atoms with E-state index in [1.165, 1.54) is 0 Å². The number of hydrogen-bond acceptors (Lipinski definition) is 5. The van der Waals surface area contributed by atoms with Crippen molar-refractivity contribution in [2.75, 3.05) is 0 Å². The highest BCUT2D eigenvalue weighted by atomic mass is 32.2. The number of rotatable bonds is 2. The van der Waals surface area contributed by atoms with Crippen LogP contribution in [0.2, 0.25) is 0 Å². The first-order valence-electron chi connectivity index (χ1n) is 3.28. The number of aromatic amines is 1. The molecule has 10 heteroatoms. The Kier molecular flexibility index (Phi) is 2.71. The lowest BCUT2D eigenvalue weighted by Crippen LogP contribution is -2.28. The van der Waals surface area contributed by atoms with Crippen LogP contribution >= 0.6 is 0 Å². The molecule has 0 aliphatic rings. The van der Waals surface area contributed by atoms with Crippen molar-refractivity contribution >= 4 is 10.1 Å². The highest BCUT2D eigenvalue weighted by Crippen LogP contribution is 2.25. The van der Waals surface area contributed by atoms with Crippen molar-refractivity contribution in [3.05, 3.63) is 22.6 Å². The lowest BCUT2D eigenvalue weighted by Gasteiger charge is -2.07. The Labute approximate surface area is 80.8 Å². The van der Waals surface area contributed by atoms with Gasteiger partial charge in [-0.2, -0.15) is 26.7 Å². The van der Waals surface area contributed by atoms with Gasteiger partial charge in [-0.25, -0.2) is 5.10 Å². The molecule has 0 saturated heterocycles. The van der Waals surface area contributed by atoms with Crippen LogP contribution in [0.25, 0.3) is 0 Å². The lowest BCUT2D eigenvalue weighted by atomic mass is 10.5. The van der Waals surface area contributed by atoms with Crippen molar-refractivity contribution in [3.8, 4) is 5.75 Å². The third-order valence-electron chi connectivity index (χ3n) is 1.13. The SMILES string of the molecule is O=c1cc(OS(=O)(=O)C(F)(F)F)cn[nH]1. The molecule has 15 heavy (non-hydrogen) atoms. The van der Waals surface area contributed by atoms with Crippen LogP contribution in [-0.4, -0.2) is 24.1 Å². The maximum Gasteiger partial charge on any atom is 0.534 e. The average molecular weight is 244 g/mol. The van der Waals surface area contributed by atoms with Crippen LogP contribution in [0.3, 0.4) is 0 Å². The fraction of sp³-hybridized carbons (Fsp3) is 0.200. The summed E-state index contributed by atoms with van der Waals surface area (Å²) in [5.41, 5.74) is -6.43. The second-order valence-corrected chi connectivity index (χ2v) is 3.80. The summed E-state index contributed by atoms with van der Waals surface area (Å²) in [4.78, 5) is 10.6. The standard InChI is InChI=1S/C5H3F3N2O4S/c6-5(7,8)15(12,13)14-3-1-4(11)10-9-2-3/h1-2H,(H,10,11). The normalized spacial score (nSPS) is 12.5. The van der Waals surface area contributed by atoms with Crippen LogP contribution in [0.15, 0.2) is 17.1 Å². The molecule has 0 spiro atoms. The topological polar surface area (TPSA) is 89.1 Å². The number of aromatic nitrogens is 2. The highest BCUT2D eigenvalue weighted by Gasteiger charge is 2.48. The van der Waals surface area contributed by atoms with Gasteiger partial charge >= 0.3 is 15.6 Å². The summed E-state index contributed by atoms with van der Waals surface area (Å²) in [6.45, 7) is 0. The minimum atomic E-state index is -5.76. The number of halogens is 3. The summed E-state index contributed by atoms with van der Waals surface area (Å²) in [5, 5.41) is 4.89. The molecule has 84 valence electrons. The van der Waals surface area contributed by atoms with Gasteiger partial charge in [0.2, 0.25) is 0 Å². The van der Waals surface area contributed by atoms with Gasteiger partial charge in [-0.05, 0) is 0 Å². The molecule has 1 rings (SSSR count). The molecule has 0 aliphatic carbocycles. The Morgan fingerprint density at radius 2 is 2.00 bits per heavy atom. The first-order chi connectivity index (χ1) is 6.72. The Balaban J connectivity index is 3.03. The molecule has 0 atom stereocenters. The van der Waals surface area contributed by atoms with E-state index < -0.39 is 26.9 Å².